The van der Waals surface area contributed by atoms with Gasteiger partial charge in [-0.2, -0.15) is 0 Å². The Morgan fingerprint density at radius 1 is 1.07 bits per heavy atom. The zero-order valence-electron chi connectivity index (χ0n) is 8.45. The Morgan fingerprint density at radius 3 is 2.21 bits per heavy atom. The second-order valence-corrected chi connectivity index (χ2v) is 3.14. The lowest BCUT2D eigenvalue weighted by molar-refractivity contribution is 0.542. The van der Waals surface area contributed by atoms with Gasteiger partial charge in [0.2, 0.25) is 5.89 Å². The molecule has 1 aromatic heterocycles. The molecule has 2 aromatic rings. The van der Waals surface area contributed by atoms with Crippen LogP contribution in [-0.2, 0) is 0 Å². The lowest BCUT2D eigenvalue weighted by Gasteiger charge is -1.95. The van der Waals surface area contributed by atoms with Crippen LogP contribution in [0.2, 0.25) is 0 Å². The van der Waals surface area contributed by atoms with Gasteiger partial charge in [-0.15, -0.1) is 0 Å². The van der Waals surface area contributed by atoms with Crippen LogP contribution in [0.4, 0.5) is 0 Å². The summed E-state index contributed by atoms with van der Waals surface area (Å²) in [4.78, 5) is 4.15. The van der Waals surface area contributed by atoms with Crippen molar-refractivity contribution in [2.45, 2.75) is 13.8 Å². The molecule has 3 nitrogen and oxygen atoms in total. The van der Waals surface area contributed by atoms with Crippen LogP contribution in [0.5, 0.6) is 0 Å². The van der Waals surface area contributed by atoms with Crippen molar-refractivity contribution < 1.29 is 4.42 Å². The SMILES string of the molecule is Cc1ccc(-c2ncc(C)o2)cc1.N. The Labute approximate surface area is 83.4 Å². The fourth-order valence-electron chi connectivity index (χ4n) is 1.18. The molecule has 3 N–H and O–H groups in total. The first-order valence-corrected chi connectivity index (χ1v) is 4.25. The van der Waals surface area contributed by atoms with Gasteiger partial charge >= 0.3 is 0 Å². The monoisotopic (exact) mass is 190 g/mol. The molecule has 1 aromatic carbocycles. The van der Waals surface area contributed by atoms with Gasteiger partial charge in [-0.25, -0.2) is 4.98 Å². The van der Waals surface area contributed by atoms with Gasteiger partial charge in [0, 0.05) is 5.56 Å². The summed E-state index contributed by atoms with van der Waals surface area (Å²) in [6.07, 6.45) is 1.73. The number of rotatable bonds is 1. The third-order valence-corrected chi connectivity index (χ3v) is 1.92. The molecule has 74 valence electrons. The van der Waals surface area contributed by atoms with Crippen molar-refractivity contribution >= 4 is 0 Å². The minimum absolute atomic E-state index is 0. The van der Waals surface area contributed by atoms with Gasteiger partial charge in [0.05, 0.1) is 6.20 Å². The van der Waals surface area contributed by atoms with Crippen LogP contribution in [-0.4, -0.2) is 4.98 Å². The molecule has 0 aliphatic carbocycles. The molecule has 3 heteroatoms. The minimum Gasteiger partial charge on any atom is -0.441 e. The second-order valence-electron chi connectivity index (χ2n) is 3.14. The molecule has 0 bridgehead atoms. The Bertz CT molecular complexity index is 403. The van der Waals surface area contributed by atoms with Crippen LogP contribution in [0.3, 0.4) is 0 Å². The first kappa shape index (κ1) is 10.5. The molecule has 0 unspecified atom stereocenters. The van der Waals surface area contributed by atoms with Crippen LogP contribution in [0.1, 0.15) is 11.3 Å². The van der Waals surface area contributed by atoms with E-state index in [0.29, 0.717) is 5.89 Å². The van der Waals surface area contributed by atoms with Crippen molar-refractivity contribution in [3.63, 3.8) is 0 Å². The largest absolute Gasteiger partial charge is 0.441 e. The van der Waals surface area contributed by atoms with Crippen LogP contribution in [0.15, 0.2) is 34.9 Å². The number of oxazole rings is 1. The number of aryl methyl sites for hydroxylation is 2. The Balaban J connectivity index is 0.000000980. The summed E-state index contributed by atoms with van der Waals surface area (Å²) >= 11 is 0. The number of nitrogens with zero attached hydrogens (tertiary/aromatic N) is 1. The van der Waals surface area contributed by atoms with E-state index in [4.69, 9.17) is 4.42 Å². The molecular weight excluding hydrogens is 176 g/mol. The molecule has 0 atom stereocenters. The van der Waals surface area contributed by atoms with Crippen LogP contribution < -0.4 is 6.15 Å². The van der Waals surface area contributed by atoms with E-state index in [2.05, 4.69) is 24.0 Å². The highest BCUT2D eigenvalue weighted by atomic mass is 16.4. The van der Waals surface area contributed by atoms with E-state index in [0.717, 1.165) is 11.3 Å². The molecule has 0 radical (unpaired) electrons. The van der Waals surface area contributed by atoms with Crippen LogP contribution in [0, 0.1) is 13.8 Å². The predicted molar refractivity (Wildman–Crippen MR) is 56.4 cm³/mol. The first-order chi connectivity index (χ1) is 6.25. The Morgan fingerprint density at radius 2 is 1.71 bits per heavy atom. The van der Waals surface area contributed by atoms with E-state index in [-0.39, 0.29) is 6.15 Å². The smallest absolute Gasteiger partial charge is 0.226 e. The second kappa shape index (κ2) is 4.07. The van der Waals surface area contributed by atoms with Crippen molar-refractivity contribution in [3.8, 4) is 11.5 Å². The quantitative estimate of drug-likeness (QED) is 0.751. The van der Waals surface area contributed by atoms with Gasteiger partial charge in [0.15, 0.2) is 0 Å². The topological polar surface area (TPSA) is 61.0 Å². The molecule has 0 amide bonds. The zero-order chi connectivity index (χ0) is 9.26. The average molecular weight is 190 g/mol. The molecular formula is C11H14N2O. The molecule has 0 fully saturated rings. The molecule has 1 heterocycles. The van der Waals surface area contributed by atoms with E-state index >= 15 is 0 Å². The molecule has 0 saturated carbocycles. The Kier molecular flexibility index (Phi) is 3.04. The lowest BCUT2D eigenvalue weighted by atomic mass is 10.1. The predicted octanol–water partition coefficient (Wildman–Crippen LogP) is 3.12. The summed E-state index contributed by atoms with van der Waals surface area (Å²) in [6, 6.07) is 8.13. The van der Waals surface area contributed by atoms with Gasteiger partial charge < -0.3 is 10.6 Å². The normalized spacial score (nSPS) is 9.57. The fourth-order valence-corrected chi connectivity index (χ4v) is 1.18. The van der Waals surface area contributed by atoms with Crippen molar-refractivity contribution in [3.05, 3.63) is 41.8 Å². The zero-order valence-corrected chi connectivity index (χ0v) is 8.45. The van der Waals surface area contributed by atoms with Gasteiger partial charge in [0.1, 0.15) is 5.76 Å². The highest BCUT2D eigenvalue weighted by molar-refractivity contribution is 5.53. The summed E-state index contributed by atoms with van der Waals surface area (Å²) < 4.78 is 5.40. The lowest BCUT2D eigenvalue weighted by Crippen LogP contribution is -1.76. The van der Waals surface area contributed by atoms with Crippen LogP contribution >= 0.6 is 0 Å². The number of hydrogen-bond acceptors (Lipinski definition) is 3. The maximum atomic E-state index is 5.40. The summed E-state index contributed by atoms with van der Waals surface area (Å²) in [5.41, 5.74) is 2.27. The number of aromatic nitrogens is 1. The Hall–Kier alpha value is -1.61. The van der Waals surface area contributed by atoms with Gasteiger partial charge in [-0.05, 0) is 26.0 Å². The average Bonchev–Trinajstić information content (AvgIpc) is 2.53. The minimum atomic E-state index is 0. The highest BCUT2D eigenvalue weighted by Crippen LogP contribution is 2.18. The van der Waals surface area contributed by atoms with Crippen molar-refractivity contribution in [2.24, 2.45) is 0 Å². The number of benzene rings is 1. The van der Waals surface area contributed by atoms with Gasteiger partial charge in [-0.3, -0.25) is 0 Å². The molecule has 14 heavy (non-hydrogen) atoms. The third-order valence-electron chi connectivity index (χ3n) is 1.92. The van der Waals surface area contributed by atoms with E-state index in [9.17, 15) is 0 Å². The molecule has 0 aliphatic rings. The van der Waals surface area contributed by atoms with Gasteiger partial charge in [-0.1, -0.05) is 17.7 Å². The summed E-state index contributed by atoms with van der Waals surface area (Å²) in [6.45, 7) is 3.95. The highest BCUT2D eigenvalue weighted by Gasteiger charge is 2.02. The summed E-state index contributed by atoms with van der Waals surface area (Å²) in [5, 5.41) is 0. The van der Waals surface area contributed by atoms with E-state index < -0.39 is 0 Å². The molecule has 0 saturated heterocycles. The van der Waals surface area contributed by atoms with Crippen molar-refractivity contribution in [2.75, 3.05) is 0 Å². The summed E-state index contributed by atoms with van der Waals surface area (Å²) in [5.74, 6) is 1.54. The fraction of sp³-hybridized carbons (Fsp3) is 0.182. The van der Waals surface area contributed by atoms with E-state index in [1.54, 1.807) is 6.20 Å². The third kappa shape index (κ3) is 2.00. The van der Waals surface area contributed by atoms with Crippen molar-refractivity contribution in [1.29, 1.82) is 0 Å². The molecule has 2 rings (SSSR count). The number of hydrogen-bond donors (Lipinski definition) is 1. The van der Waals surface area contributed by atoms with Crippen LogP contribution in [0.25, 0.3) is 11.5 Å². The van der Waals surface area contributed by atoms with Gasteiger partial charge in [0.25, 0.3) is 0 Å². The van der Waals surface area contributed by atoms with Crippen molar-refractivity contribution in [1.82, 2.24) is 11.1 Å². The standard InChI is InChI=1S/C11H11NO.H3N/c1-8-3-5-10(6-4-8)11-12-7-9(2)13-11;/h3-7H,1-2H3;1H3. The summed E-state index contributed by atoms with van der Waals surface area (Å²) in [7, 11) is 0. The molecule has 0 spiro atoms. The maximum Gasteiger partial charge on any atom is 0.226 e. The van der Waals surface area contributed by atoms with E-state index in [1.807, 2.05) is 19.1 Å². The molecule has 0 aliphatic heterocycles. The van der Waals surface area contributed by atoms with E-state index in [1.165, 1.54) is 5.56 Å². The first-order valence-electron chi connectivity index (χ1n) is 4.25. The maximum absolute atomic E-state index is 5.40.